The first kappa shape index (κ1) is 23.5. The first-order valence-corrected chi connectivity index (χ1v) is 12.0. The topological polar surface area (TPSA) is 82.9 Å². The van der Waals surface area contributed by atoms with Crippen LogP contribution in [0, 0.1) is 0 Å². The predicted octanol–water partition coefficient (Wildman–Crippen LogP) is 4.91. The molecule has 0 spiro atoms. The largest absolute Gasteiger partial charge is 0.422 e. The fourth-order valence-electron chi connectivity index (χ4n) is 4.39. The molecular weight excluding hydrogens is 430 g/mol. The van der Waals surface area contributed by atoms with Gasteiger partial charge in [-0.3, -0.25) is 9.59 Å². The van der Waals surface area contributed by atoms with Gasteiger partial charge in [-0.2, -0.15) is 0 Å². The van der Waals surface area contributed by atoms with Gasteiger partial charge in [-0.25, -0.2) is 4.79 Å². The van der Waals surface area contributed by atoms with Gasteiger partial charge in [0, 0.05) is 54.6 Å². The highest BCUT2D eigenvalue weighted by atomic mass is 16.4. The first-order valence-electron chi connectivity index (χ1n) is 12.0. The number of hydrogen-bond acceptors (Lipinski definition) is 5. The summed E-state index contributed by atoms with van der Waals surface area (Å²) in [5.74, 6) is -0.533. The maximum atomic E-state index is 12.8. The number of carbonyl (C=O) groups excluding carboxylic acids is 2. The van der Waals surface area contributed by atoms with E-state index in [-0.39, 0.29) is 11.5 Å². The molecule has 1 fully saturated rings. The van der Waals surface area contributed by atoms with Gasteiger partial charge in [-0.05, 0) is 69.2 Å². The molecule has 1 saturated heterocycles. The molecule has 2 heterocycles. The quantitative estimate of drug-likeness (QED) is 0.528. The molecule has 1 aliphatic heterocycles. The van der Waals surface area contributed by atoms with E-state index in [2.05, 4.69) is 24.1 Å². The van der Waals surface area contributed by atoms with Gasteiger partial charge in [0.2, 0.25) is 0 Å². The van der Waals surface area contributed by atoms with Crippen LogP contribution >= 0.6 is 0 Å². The second kappa shape index (κ2) is 10.5. The summed E-state index contributed by atoms with van der Waals surface area (Å²) in [5.41, 5.74) is 1.76. The van der Waals surface area contributed by atoms with Gasteiger partial charge in [-0.15, -0.1) is 0 Å². The molecule has 4 rings (SSSR count). The maximum absolute atomic E-state index is 12.8. The summed E-state index contributed by atoms with van der Waals surface area (Å²) in [5, 5.41) is 3.41. The van der Waals surface area contributed by atoms with Crippen LogP contribution in [0.15, 0.2) is 57.7 Å². The molecule has 0 unspecified atom stereocenters. The Labute approximate surface area is 199 Å². The lowest BCUT2D eigenvalue weighted by molar-refractivity contribution is 0.0761. The van der Waals surface area contributed by atoms with E-state index in [1.807, 2.05) is 23.1 Å². The van der Waals surface area contributed by atoms with Crippen LogP contribution in [-0.2, 0) is 0 Å². The van der Waals surface area contributed by atoms with Gasteiger partial charge in [0.15, 0.2) is 0 Å². The third kappa shape index (κ3) is 5.14. The first-order chi connectivity index (χ1) is 16.5. The number of likely N-dealkylation sites (tertiary alicyclic amines) is 1. The molecule has 34 heavy (non-hydrogen) atoms. The van der Waals surface area contributed by atoms with E-state index in [1.54, 1.807) is 30.3 Å². The van der Waals surface area contributed by atoms with Crippen LogP contribution < -0.4 is 15.8 Å². The average Bonchev–Trinajstić information content (AvgIpc) is 3.14. The molecule has 3 aromatic rings. The summed E-state index contributed by atoms with van der Waals surface area (Å²) in [4.78, 5) is 42.1. The highest BCUT2D eigenvalue weighted by Crippen LogP contribution is 2.22. The van der Waals surface area contributed by atoms with Crippen LogP contribution in [0.1, 0.15) is 60.2 Å². The van der Waals surface area contributed by atoms with Crippen molar-refractivity contribution in [2.24, 2.45) is 0 Å². The van der Waals surface area contributed by atoms with Crippen LogP contribution in [0.4, 0.5) is 11.4 Å². The molecule has 0 saturated carbocycles. The number of fused-ring (bicyclic) bond motifs is 1. The van der Waals surface area contributed by atoms with Crippen molar-refractivity contribution in [3.05, 3.63) is 70.1 Å². The Kier molecular flexibility index (Phi) is 7.30. The molecule has 2 aromatic carbocycles. The van der Waals surface area contributed by atoms with Crippen LogP contribution in [-0.4, -0.2) is 42.9 Å². The fraction of sp³-hybridized carbons (Fsp3) is 0.370. The fourth-order valence-corrected chi connectivity index (χ4v) is 4.39. The average molecular weight is 462 g/mol. The van der Waals surface area contributed by atoms with E-state index >= 15 is 0 Å². The van der Waals surface area contributed by atoms with Crippen molar-refractivity contribution in [1.82, 2.24) is 4.90 Å². The number of rotatable bonds is 6. The van der Waals surface area contributed by atoms with Gasteiger partial charge in [0.1, 0.15) is 11.1 Å². The second-order valence-electron chi connectivity index (χ2n) is 8.58. The molecule has 0 bridgehead atoms. The summed E-state index contributed by atoms with van der Waals surface area (Å²) in [7, 11) is 0. The van der Waals surface area contributed by atoms with Gasteiger partial charge in [0.05, 0.1) is 0 Å². The lowest BCUT2D eigenvalue weighted by atomic mass is 10.1. The van der Waals surface area contributed by atoms with Crippen molar-refractivity contribution in [2.45, 2.75) is 39.5 Å². The monoisotopic (exact) mass is 461 g/mol. The number of hydrogen-bond donors (Lipinski definition) is 1. The summed E-state index contributed by atoms with van der Waals surface area (Å²) < 4.78 is 5.47. The summed E-state index contributed by atoms with van der Waals surface area (Å²) >= 11 is 0. The molecule has 1 N–H and O–H groups in total. The highest BCUT2D eigenvalue weighted by Gasteiger charge is 2.18. The molecule has 1 aromatic heterocycles. The number of nitrogens with zero attached hydrogens (tertiary/aromatic N) is 2. The second-order valence-corrected chi connectivity index (χ2v) is 8.58. The Hall–Kier alpha value is -3.61. The molecule has 2 amide bonds. The highest BCUT2D eigenvalue weighted by molar-refractivity contribution is 6.05. The number of carbonyl (C=O) groups is 2. The van der Waals surface area contributed by atoms with Crippen LogP contribution in [0.3, 0.4) is 0 Å². The minimum absolute atomic E-state index is 0.0130. The normalized spacial score (nSPS) is 14.0. The van der Waals surface area contributed by atoms with Crippen molar-refractivity contribution in [1.29, 1.82) is 0 Å². The molecular formula is C27H31N3O4. The standard InChI is InChI=1S/C27H31N3O4/c1-3-29(4-2)22-14-11-20-17-23(27(33)34-24(20)18-22)25(31)28-21-12-9-19(10-13-21)26(32)30-15-7-5-6-8-16-30/h9-14,17-18H,3-8,15-16H2,1-2H3,(H,28,31). The Balaban J connectivity index is 1.49. The molecule has 0 atom stereocenters. The Morgan fingerprint density at radius 3 is 2.26 bits per heavy atom. The van der Waals surface area contributed by atoms with E-state index in [4.69, 9.17) is 4.42 Å². The van der Waals surface area contributed by atoms with Gasteiger partial charge in [-0.1, -0.05) is 12.8 Å². The van der Waals surface area contributed by atoms with Crippen LogP contribution in [0.2, 0.25) is 0 Å². The van der Waals surface area contributed by atoms with E-state index in [0.29, 0.717) is 22.2 Å². The van der Waals surface area contributed by atoms with Crippen molar-refractivity contribution < 1.29 is 14.0 Å². The van der Waals surface area contributed by atoms with E-state index < -0.39 is 11.5 Å². The van der Waals surface area contributed by atoms with Crippen molar-refractivity contribution >= 4 is 34.2 Å². The SMILES string of the molecule is CCN(CC)c1ccc2cc(C(=O)Nc3ccc(C(=O)N4CCCCCC4)cc3)c(=O)oc2c1. The number of amides is 2. The Bertz CT molecular complexity index is 1220. The number of anilines is 2. The van der Waals surface area contributed by atoms with Gasteiger partial charge in [0.25, 0.3) is 11.8 Å². The number of nitrogens with one attached hydrogen (secondary N) is 1. The van der Waals surface area contributed by atoms with Crippen LogP contribution in [0.25, 0.3) is 11.0 Å². The third-order valence-corrected chi connectivity index (χ3v) is 6.38. The zero-order valence-electron chi connectivity index (χ0n) is 19.8. The maximum Gasteiger partial charge on any atom is 0.349 e. The Morgan fingerprint density at radius 2 is 1.62 bits per heavy atom. The predicted molar refractivity (Wildman–Crippen MR) is 135 cm³/mol. The third-order valence-electron chi connectivity index (χ3n) is 6.38. The van der Waals surface area contributed by atoms with Crippen LogP contribution in [0.5, 0.6) is 0 Å². The molecule has 1 aliphatic rings. The molecule has 0 aliphatic carbocycles. The van der Waals surface area contributed by atoms with Crippen molar-refractivity contribution in [3.8, 4) is 0 Å². The van der Waals surface area contributed by atoms with Gasteiger partial charge >= 0.3 is 5.63 Å². The van der Waals surface area contributed by atoms with Crippen molar-refractivity contribution in [2.75, 3.05) is 36.4 Å². The zero-order chi connectivity index (χ0) is 24.1. The molecule has 7 heteroatoms. The summed E-state index contributed by atoms with van der Waals surface area (Å²) in [6.07, 6.45) is 4.39. The Morgan fingerprint density at radius 1 is 0.941 bits per heavy atom. The minimum Gasteiger partial charge on any atom is -0.422 e. The zero-order valence-corrected chi connectivity index (χ0v) is 19.8. The molecule has 0 radical (unpaired) electrons. The molecule has 178 valence electrons. The lowest BCUT2D eigenvalue weighted by Crippen LogP contribution is -2.31. The smallest absolute Gasteiger partial charge is 0.349 e. The van der Waals surface area contributed by atoms with Crippen molar-refractivity contribution in [3.63, 3.8) is 0 Å². The minimum atomic E-state index is -0.686. The van der Waals surface area contributed by atoms with E-state index in [1.165, 1.54) is 0 Å². The van der Waals surface area contributed by atoms with E-state index in [0.717, 1.165) is 57.5 Å². The number of benzene rings is 2. The summed E-state index contributed by atoms with van der Waals surface area (Å²) in [6.45, 7) is 7.38. The summed E-state index contributed by atoms with van der Waals surface area (Å²) in [6, 6.07) is 14.0. The van der Waals surface area contributed by atoms with E-state index in [9.17, 15) is 14.4 Å². The molecule has 7 nitrogen and oxygen atoms in total. The lowest BCUT2D eigenvalue weighted by Gasteiger charge is -2.21. The van der Waals surface area contributed by atoms with Gasteiger partial charge < -0.3 is 19.5 Å².